The molecule has 0 spiro atoms. The monoisotopic (exact) mass is 724 g/mol. The summed E-state index contributed by atoms with van der Waals surface area (Å²) in [6.07, 6.45) is -0.381. The van der Waals surface area contributed by atoms with E-state index in [4.69, 9.17) is 13.9 Å². The predicted octanol–water partition coefficient (Wildman–Crippen LogP) is 3.71. The lowest BCUT2D eigenvalue weighted by atomic mass is 9.87. The van der Waals surface area contributed by atoms with Crippen LogP contribution in [0.1, 0.15) is 22.3 Å². The van der Waals surface area contributed by atoms with Gasteiger partial charge in [0.15, 0.2) is 0 Å². The number of nitrogens with one attached hydrogen (secondary N) is 1. The fraction of sp³-hybridized carbons (Fsp3) is 0.265. The SMILES string of the molecule is COc1cccc(CCN(C(=O)c2cc3ccccc3oc2=O)[C@@H]2CC(C(=O)NCCO)=C[C@H](Oc3ccccc3I)[C@H]2O)c1. The molecule has 5 rings (SSSR count). The summed E-state index contributed by atoms with van der Waals surface area (Å²) in [5.74, 6) is 0.0442. The Morgan fingerprint density at radius 1 is 1.07 bits per heavy atom. The van der Waals surface area contributed by atoms with E-state index >= 15 is 0 Å². The fourth-order valence-corrected chi connectivity index (χ4v) is 5.84. The number of carbonyl (C=O) groups is 2. The zero-order chi connectivity index (χ0) is 31.9. The molecule has 0 saturated carbocycles. The molecule has 0 bridgehead atoms. The number of fused-ring (bicyclic) bond motifs is 1. The maximum atomic E-state index is 14.3. The lowest BCUT2D eigenvalue weighted by Gasteiger charge is -2.40. The Bertz CT molecular complexity index is 1770. The van der Waals surface area contributed by atoms with Gasteiger partial charge in [-0.15, -0.1) is 0 Å². The van der Waals surface area contributed by atoms with E-state index in [-0.39, 0.29) is 37.3 Å². The van der Waals surface area contributed by atoms with Crippen LogP contribution in [0.2, 0.25) is 0 Å². The summed E-state index contributed by atoms with van der Waals surface area (Å²) in [4.78, 5) is 42.0. The van der Waals surface area contributed by atoms with Crippen LogP contribution in [0, 0.1) is 3.57 Å². The van der Waals surface area contributed by atoms with E-state index in [0.29, 0.717) is 28.9 Å². The summed E-state index contributed by atoms with van der Waals surface area (Å²) < 4.78 is 17.9. The standard InChI is InChI=1S/C34H33IN2O8/c1-43-24-9-6-7-21(17-24)13-15-37(33(41)25-18-22-8-2-4-11-28(22)45-34(25)42)27-19-23(32(40)36-14-16-38)20-30(31(27)39)44-29-12-5-3-10-26(29)35/h2-12,17-18,20,27,30-31,38-39H,13-16,19H2,1H3,(H,36,40)/t27-,30+,31+/m1/s1. The largest absolute Gasteiger partial charge is 0.497 e. The summed E-state index contributed by atoms with van der Waals surface area (Å²) in [6.45, 7) is -0.126. The fourth-order valence-electron chi connectivity index (χ4n) is 5.33. The van der Waals surface area contributed by atoms with E-state index in [1.165, 1.54) is 11.0 Å². The summed E-state index contributed by atoms with van der Waals surface area (Å²) in [5.41, 5.74) is 0.489. The van der Waals surface area contributed by atoms with E-state index in [0.717, 1.165) is 9.13 Å². The molecule has 1 aliphatic rings. The summed E-state index contributed by atoms with van der Waals surface area (Å²) in [6, 6.07) is 22.1. The Morgan fingerprint density at radius 3 is 2.62 bits per heavy atom. The Kier molecular flexibility index (Phi) is 10.5. The van der Waals surface area contributed by atoms with Crippen molar-refractivity contribution in [1.29, 1.82) is 0 Å². The molecule has 3 aromatic carbocycles. The van der Waals surface area contributed by atoms with Gasteiger partial charge in [0.2, 0.25) is 5.91 Å². The van der Waals surface area contributed by atoms with Crippen LogP contribution >= 0.6 is 22.6 Å². The third kappa shape index (κ3) is 7.55. The molecule has 1 aromatic heterocycles. The smallest absolute Gasteiger partial charge is 0.349 e. The Hall–Kier alpha value is -4.20. The first-order valence-corrected chi connectivity index (χ1v) is 15.5. The predicted molar refractivity (Wildman–Crippen MR) is 176 cm³/mol. The number of hydrogen-bond acceptors (Lipinski definition) is 8. The molecule has 0 aliphatic heterocycles. The molecule has 1 aliphatic carbocycles. The molecule has 0 fully saturated rings. The zero-order valence-electron chi connectivity index (χ0n) is 24.5. The lowest BCUT2D eigenvalue weighted by Crippen LogP contribution is -2.56. The Balaban J connectivity index is 1.55. The number of para-hydroxylation sites is 2. The highest BCUT2D eigenvalue weighted by atomic mass is 127. The van der Waals surface area contributed by atoms with Crippen molar-refractivity contribution in [3.8, 4) is 11.5 Å². The van der Waals surface area contributed by atoms with Gasteiger partial charge in [-0.05, 0) is 77.0 Å². The van der Waals surface area contributed by atoms with Crippen molar-refractivity contribution in [2.75, 3.05) is 26.8 Å². The number of aliphatic hydroxyl groups is 2. The van der Waals surface area contributed by atoms with Gasteiger partial charge in [-0.3, -0.25) is 9.59 Å². The van der Waals surface area contributed by atoms with E-state index in [1.54, 1.807) is 49.6 Å². The van der Waals surface area contributed by atoms with Gasteiger partial charge < -0.3 is 34.3 Å². The summed E-state index contributed by atoms with van der Waals surface area (Å²) >= 11 is 2.12. The molecule has 4 aromatic rings. The minimum Gasteiger partial charge on any atom is -0.497 e. The van der Waals surface area contributed by atoms with Crippen LogP contribution in [-0.2, 0) is 11.2 Å². The zero-order valence-corrected chi connectivity index (χ0v) is 26.7. The molecular weight excluding hydrogens is 691 g/mol. The van der Waals surface area contributed by atoms with Crippen LogP contribution in [0.4, 0.5) is 0 Å². The number of aliphatic hydroxyl groups excluding tert-OH is 2. The number of amides is 2. The molecule has 0 saturated heterocycles. The molecule has 1 heterocycles. The van der Waals surface area contributed by atoms with Crippen LogP contribution in [0.15, 0.2) is 99.7 Å². The molecule has 3 N–H and O–H groups in total. The molecular formula is C34H33IN2O8. The Labute approximate surface area is 273 Å². The van der Waals surface area contributed by atoms with Gasteiger partial charge in [0, 0.05) is 30.5 Å². The number of rotatable bonds is 11. The highest BCUT2D eigenvalue weighted by molar-refractivity contribution is 14.1. The van der Waals surface area contributed by atoms with Gasteiger partial charge in [0.05, 0.1) is 23.3 Å². The number of carbonyl (C=O) groups excluding carboxylic acids is 2. The molecule has 10 nitrogen and oxygen atoms in total. The van der Waals surface area contributed by atoms with E-state index < -0.39 is 35.7 Å². The van der Waals surface area contributed by atoms with Crippen molar-refractivity contribution in [3.05, 3.63) is 116 Å². The topological polar surface area (TPSA) is 139 Å². The number of halogens is 1. The average molecular weight is 725 g/mol. The van der Waals surface area contributed by atoms with Crippen LogP contribution in [0.25, 0.3) is 11.0 Å². The van der Waals surface area contributed by atoms with Crippen molar-refractivity contribution < 1.29 is 33.7 Å². The van der Waals surface area contributed by atoms with E-state index in [2.05, 4.69) is 27.9 Å². The Morgan fingerprint density at radius 2 is 1.84 bits per heavy atom. The molecule has 45 heavy (non-hydrogen) atoms. The summed E-state index contributed by atoms with van der Waals surface area (Å²) in [5, 5.41) is 24.3. The molecule has 0 unspecified atom stereocenters. The molecule has 3 atom stereocenters. The van der Waals surface area contributed by atoms with Crippen molar-refractivity contribution in [2.45, 2.75) is 31.1 Å². The second-order valence-electron chi connectivity index (χ2n) is 10.5. The van der Waals surface area contributed by atoms with E-state index in [9.17, 15) is 24.6 Å². The highest BCUT2D eigenvalue weighted by Crippen LogP contribution is 2.31. The second-order valence-corrected chi connectivity index (χ2v) is 11.7. The van der Waals surface area contributed by atoms with Crippen LogP contribution in [0.5, 0.6) is 11.5 Å². The number of hydrogen-bond donors (Lipinski definition) is 3. The number of methoxy groups -OCH3 is 1. The van der Waals surface area contributed by atoms with Crippen molar-refractivity contribution in [2.24, 2.45) is 0 Å². The molecule has 2 amide bonds. The number of nitrogens with zero attached hydrogens (tertiary/aromatic N) is 1. The minimum absolute atomic E-state index is 0.0209. The molecule has 0 radical (unpaired) electrons. The van der Waals surface area contributed by atoms with Gasteiger partial charge in [-0.1, -0.05) is 42.5 Å². The van der Waals surface area contributed by atoms with Crippen molar-refractivity contribution in [1.82, 2.24) is 10.2 Å². The maximum Gasteiger partial charge on any atom is 0.349 e. The highest BCUT2D eigenvalue weighted by Gasteiger charge is 2.41. The summed E-state index contributed by atoms with van der Waals surface area (Å²) in [7, 11) is 1.57. The van der Waals surface area contributed by atoms with Crippen molar-refractivity contribution >= 4 is 45.4 Å². The van der Waals surface area contributed by atoms with Gasteiger partial charge in [-0.2, -0.15) is 0 Å². The van der Waals surface area contributed by atoms with Gasteiger partial charge >= 0.3 is 5.63 Å². The van der Waals surface area contributed by atoms with E-state index in [1.807, 2.05) is 36.4 Å². The van der Waals surface area contributed by atoms with Crippen LogP contribution < -0.4 is 20.4 Å². The van der Waals surface area contributed by atoms with Crippen LogP contribution in [0.3, 0.4) is 0 Å². The lowest BCUT2D eigenvalue weighted by molar-refractivity contribution is -0.118. The van der Waals surface area contributed by atoms with Gasteiger partial charge in [0.25, 0.3) is 5.91 Å². The van der Waals surface area contributed by atoms with Gasteiger partial charge in [0.1, 0.15) is 34.9 Å². The van der Waals surface area contributed by atoms with Crippen LogP contribution in [-0.4, -0.2) is 72.0 Å². The first-order valence-electron chi connectivity index (χ1n) is 14.4. The number of ether oxygens (including phenoxy) is 2. The first kappa shape index (κ1) is 32.2. The normalized spacial score (nSPS) is 17.8. The second kappa shape index (κ2) is 14.7. The third-order valence-corrected chi connectivity index (χ3v) is 8.51. The average Bonchev–Trinajstić information content (AvgIpc) is 3.05. The third-order valence-electron chi connectivity index (χ3n) is 7.62. The first-order chi connectivity index (χ1) is 21.8. The quantitative estimate of drug-likeness (QED) is 0.157. The minimum atomic E-state index is -1.27. The number of benzene rings is 3. The molecule has 234 valence electrons. The molecule has 11 heteroatoms. The maximum absolute atomic E-state index is 14.3. The van der Waals surface area contributed by atoms with Crippen molar-refractivity contribution in [3.63, 3.8) is 0 Å². The van der Waals surface area contributed by atoms with Gasteiger partial charge in [-0.25, -0.2) is 4.79 Å².